The molecule has 0 heterocycles. The molecule has 0 rings (SSSR count). The highest BCUT2D eigenvalue weighted by molar-refractivity contribution is 5.00. The third-order valence-corrected chi connectivity index (χ3v) is 2.09. The highest BCUT2D eigenvalue weighted by Crippen LogP contribution is 2.06. The molecule has 0 radical (unpaired) electrons. The second-order valence-corrected chi connectivity index (χ2v) is 4.43. The standard InChI is InChI=1S/C11H22N2O/c1-10(2)5-4-7-14-8-6-11(3,13)9-12/h10H,4-8,13H2,1-3H3. The number of hydrogen-bond acceptors (Lipinski definition) is 3. The summed E-state index contributed by atoms with van der Waals surface area (Å²) in [5.74, 6) is 0.734. The van der Waals surface area contributed by atoms with Crippen LogP contribution in [0.4, 0.5) is 0 Å². The number of nitriles is 1. The predicted octanol–water partition coefficient (Wildman–Crippen LogP) is 2.07. The summed E-state index contributed by atoms with van der Waals surface area (Å²) >= 11 is 0. The monoisotopic (exact) mass is 198 g/mol. The smallest absolute Gasteiger partial charge is 0.103 e. The van der Waals surface area contributed by atoms with Gasteiger partial charge in [-0.1, -0.05) is 13.8 Å². The Kier molecular flexibility index (Phi) is 6.52. The maximum Gasteiger partial charge on any atom is 0.103 e. The molecule has 0 aromatic rings. The van der Waals surface area contributed by atoms with Crippen molar-refractivity contribution < 1.29 is 4.74 Å². The second kappa shape index (κ2) is 6.80. The molecule has 0 aliphatic rings. The minimum absolute atomic E-state index is 0.582. The molecule has 0 saturated heterocycles. The molecular formula is C11H22N2O. The number of rotatable bonds is 7. The Balaban J connectivity index is 3.27. The SMILES string of the molecule is CC(C)CCCOCCC(C)(N)C#N. The van der Waals surface area contributed by atoms with Crippen LogP contribution in [0, 0.1) is 17.2 Å². The minimum Gasteiger partial charge on any atom is -0.381 e. The van der Waals surface area contributed by atoms with Crippen LogP contribution in [-0.4, -0.2) is 18.8 Å². The van der Waals surface area contributed by atoms with Crippen molar-refractivity contribution in [1.82, 2.24) is 0 Å². The van der Waals surface area contributed by atoms with Crippen molar-refractivity contribution in [2.24, 2.45) is 11.7 Å². The summed E-state index contributed by atoms with van der Waals surface area (Å²) in [5.41, 5.74) is 4.90. The molecule has 0 saturated carbocycles. The van der Waals surface area contributed by atoms with Gasteiger partial charge >= 0.3 is 0 Å². The molecule has 14 heavy (non-hydrogen) atoms. The first-order chi connectivity index (χ1) is 6.48. The summed E-state index contributed by atoms with van der Waals surface area (Å²) < 4.78 is 5.39. The Morgan fingerprint density at radius 3 is 2.57 bits per heavy atom. The first kappa shape index (κ1) is 13.4. The number of hydrogen-bond donors (Lipinski definition) is 1. The fourth-order valence-corrected chi connectivity index (χ4v) is 1.04. The van der Waals surface area contributed by atoms with Crippen LogP contribution in [0.1, 0.15) is 40.0 Å². The third-order valence-electron chi connectivity index (χ3n) is 2.09. The topological polar surface area (TPSA) is 59.0 Å². The van der Waals surface area contributed by atoms with Crippen LogP contribution in [0.15, 0.2) is 0 Å². The molecule has 82 valence electrons. The van der Waals surface area contributed by atoms with Gasteiger partial charge in [0.25, 0.3) is 0 Å². The van der Waals surface area contributed by atoms with Gasteiger partial charge in [0.1, 0.15) is 5.54 Å². The van der Waals surface area contributed by atoms with Crippen molar-refractivity contribution in [3.8, 4) is 6.07 Å². The molecule has 1 unspecified atom stereocenters. The van der Waals surface area contributed by atoms with E-state index >= 15 is 0 Å². The van der Waals surface area contributed by atoms with E-state index in [1.807, 2.05) is 6.07 Å². The lowest BCUT2D eigenvalue weighted by atomic mass is 10.0. The van der Waals surface area contributed by atoms with Gasteiger partial charge in [0.05, 0.1) is 6.07 Å². The molecule has 2 N–H and O–H groups in total. The van der Waals surface area contributed by atoms with E-state index in [0.717, 1.165) is 18.9 Å². The molecule has 0 aliphatic heterocycles. The predicted molar refractivity (Wildman–Crippen MR) is 57.7 cm³/mol. The Morgan fingerprint density at radius 2 is 2.07 bits per heavy atom. The first-order valence-corrected chi connectivity index (χ1v) is 5.26. The normalized spacial score (nSPS) is 15.1. The Hall–Kier alpha value is -0.590. The summed E-state index contributed by atoms with van der Waals surface area (Å²) in [7, 11) is 0. The minimum atomic E-state index is -0.738. The average molecular weight is 198 g/mol. The maximum absolute atomic E-state index is 8.64. The lowest BCUT2D eigenvalue weighted by Gasteiger charge is -2.14. The molecule has 0 bridgehead atoms. The van der Waals surface area contributed by atoms with Crippen molar-refractivity contribution in [2.45, 2.75) is 45.6 Å². The van der Waals surface area contributed by atoms with Gasteiger partial charge in [-0.2, -0.15) is 5.26 Å². The van der Waals surface area contributed by atoms with Crippen LogP contribution in [0.25, 0.3) is 0 Å². The van der Waals surface area contributed by atoms with E-state index in [0.29, 0.717) is 13.0 Å². The molecule has 0 amide bonds. The van der Waals surface area contributed by atoms with Gasteiger partial charge in [0.2, 0.25) is 0 Å². The largest absolute Gasteiger partial charge is 0.381 e. The Bertz CT molecular complexity index is 182. The lowest BCUT2D eigenvalue weighted by Crippen LogP contribution is -2.35. The Morgan fingerprint density at radius 1 is 1.43 bits per heavy atom. The zero-order valence-electron chi connectivity index (χ0n) is 9.55. The quantitative estimate of drug-likeness (QED) is 0.637. The molecule has 0 spiro atoms. The number of nitrogens with two attached hydrogens (primary N) is 1. The summed E-state index contributed by atoms with van der Waals surface area (Å²) in [6, 6.07) is 2.05. The average Bonchev–Trinajstić information content (AvgIpc) is 2.10. The lowest BCUT2D eigenvalue weighted by molar-refractivity contribution is 0.117. The fourth-order valence-electron chi connectivity index (χ4n) is 1.04. The van der Waals surface area contributed by atoms with Crippen LogP contribution in [0.3, 0.4) is 0 Å². The van der Waals surface area contributed by atoms with E-state index in [-0.39, 0.29) is 0 Å². The molecule has 3 nitrogen and oxygen atoms in total. The summed E-state index contributed by atoms with van der Waals surface area (Å²) in [4.78, 5) is 0. The van der Waals surface area contributed by atoms with Crippen molar-refractivity contribution in [3.63, 3.8) is 0 Å². The van der Waals surface area contributed by atoms with E-state index < -0.39 is 5.54 Å². The van der Waals surface area contributed by atoms with Gasteiger partial charge in [0, 0.05) is 19.6 Å². The van der Waals surface area contributed by atoms with Crippen molar-refractivity contribution in [3.05, 3.63) is 0 Å². The first-order valence-electron chi connectivity index (χ1n) is 5.26. The van der Waals surface area contributed by atoms with Gasteiger partial charge < -0.3 is 10.5 Å². The van der Waals surface area contributed by atoms with E-state index in [1.165, 1.54) is 6.42 Å². The molecule has 1 atom stereocenters. The zero-order chi connectivity index (χ0) is 11.0. The summed E-state index contributed by atoms with van der Waals surface area (Å²) in [6.45, 7) is 7.49. The summed E-state index contributed by atoms with van der Waals surface area (Å²) in [5, 5.41) is 8.64. The second-order valence-electron chi connectivity index (χ2n) is 4.43. The highest BCUT2D eigenvalue weighted by Gasteiger charge is 2.16. The number of ether oxygens (including phenoxy) is 1. The van der Waals surface area contributed by atoms with E-state index in [1.54, 1.807) is 6.92 Å². The molecule has 0 fully saturated rings. The van der Waals surface area contributed by atoms with Crippen LogP contribution in [0.5, 0.6) is 0 Å². The van der Waals surface area contributed by atoms with Crippen molar-refractivity contribution in [1.29, 1.82) is 5.26 Å². The van der Waals surface area contributed by atoms with Crippen LogP contribution >= 0.6 is 0 Å². The van der Waals surface area contributed by atoms with Crippen LogP contribution in [0.2, 0.25) is 0 Å². The molecule has 0 aliphatic carbocycles. The van der Waals surface area contributed by atoms with Crippen LogP contribution < -0.4 is 5.73 Å². The summed E-state index contributed by atoms with van der Waals surface area (Å²) in [6.07, 6.45) is 2.88. The molecular weight excluding hydrogens is 176 g/mol. The zero-order valence-corrected chi connectivity index (χ0v) is 9.55. The van der Waals surface area contributed by atoms with Gasteiger partial charge in [-0.3, -0.25) is 0 Å². The molecule has 3 heteroatoms. The number of nitrogens with zero attached hydrogens (tertiary/aromatic N) is 1. The van der Waals surface area contributed by atoms with Crippen molar-refractivity contribution in [2.75, 3.05) is 13.2 Å². The van der Waals surface area contributed by atoms with Crippen LogP contribution in [-0.2, 0) is 4.74 Å². The van der Waals surface area contributed by atoms with Gasteiger partial charge in [0.15, 0.2) is 0 Å². The van der Waals surface area contributed by atoms with E-state index in [9.17, 15) is 0 Å². The third kappa shape index (κ3) is 8.03. The van der Waals surface area contributed by atoms with E-state index in [2.05, 4.69) is 13.8 Å². The highest BCUT2D eigenvalue weighted by atomic mass is 16.5. The maximum atomic E-state index is 8.64. The van der Waals surface area contributed by atoms with Crippen molar-refractivity contribution >= 4 is 0 Å². The fraction of sp³-hybridized carbons (Fsp3) is 0.909. The van der Waals surface area contributed by atoms with Gasteiger partial charge in [-0.05, 0) is 25.7 Å². The van der Waals surface area contributed by atoms with Gasteiger partial charge in [-0.15, -0.1) is 0 Å². The molecule has 0 aromatic carbocycles. The van der Waals surface area contributed by atoms with E-state index in [4.69, 9.17) is 15.7 Å². The Labute approximate surface area is 87.2 Å². The molecule has 0 aromatic heterocycles. The van der Waals surface area contributed by atoms with Gasteiger partial charge in [-0.25, -0.2) is 0 Å².